The number of hydrogen-bond acceptors (Lipinski definition) is 0. The SMILES string of the molecule is CC1(C)C=CC=C2C=c3cc4c5ccccc5c5cc(-c6ccc(-c7c8ccccc8c(-c8ccc9ccccc9c8)c8ccccc78)cc6)ccc5c4cc3=C21. The molecule has 0 atom stereocenters. The summed E-state index contributed by atoms with van der Waals surface area (Å²) < 4.78 is 0. The molecule has 0 fully saturated rings. The third kappa shape index (κ3) is 4.81. The summed E-state index contributed by atoms with van der Waals surface area (Å²) in [7, 11) is 0. The van der Waals surface area contributed by atoms with Crippen LogP contribution in [-0.4, -0.2) is 0 Å². The Labute approximate surface area is 331 Å². The molecular weight excluding hydrogens is 685 g/mol. The molecule has 0 spiro atoms. The molecule has 10 aromatic rings. The molecule has 2 aliphatic carbocycles. The summed E-state index contributed by atoms with van der Waals surface area (Å²) >= 11 is 0. The fraction of sp³-hybridized carbons (Fsp3) is 0.0526. The molecule has 57 heavy (non-hydrogen) atoms. The van der Waals surface area contributed by atoms with Crippen LogP contribution in [0.3, 0.4) is 0 Å². The minimum atomic E-state index is -0.0106. The highest BCUT2D eigenvalue weighted by Crippen LogP contribution is 2.45. The number of benzene rings is 10. The minimum absolute atomic E-state index is 0.0106. The van der Waals surface area contributed by atoms with Gasteiger partial charge in [-0.25, -0.2) is 0 Å². The second-order valence-corrected chi connectivity index (χ2v) is 16.5. The Balaban J connectivity index is 1.02. The van der Waals surface area contributed by atoms with Gasteiger partial charge in [-0.2, -0.15) is 0 Å². The van der Waals surface area contributed by atoms with E-state index in [4.69, 9.17) is 0 Å². The third-order valence-corrected chi connectivity index (χ3v) is 12.8. The van der Waals surface area contributed by atoms with Gasteiger partial charge in [0, 0.05) is 5.41 Å². The van der Waals surface area contributed by atoms with E-state index in [1.165, 1.54) is 120 Å². The molecule has 10 aromatic carbocycles. The predicted molar refractivity (Wildman–Crippen MR) is 246 cm³/mol. The van der Waals surface area contributed by atoms with E-state index < -0.39 is 0 Å². The van der Waals surface area contributed by atoms with Gasteiger partial charge in [0.05, 0.1) is 0 Å². The zero-order chi connectivity index (χ0) is 37.8. The quantitative estimate of drug-likeness (QED) is 0.126. The van der Waals surface area contributed by atoms with Gasteiger partial charge in [0.2, 0.25) is 0 Å². The first kappa shape index (κ1) is 32.2. The van der Waals surface area contributed by atoms with Crippen LogP contribution in [0.15, 0.2) is 194 Å². The fourth-order valence-corrected chi connectivity index (χ4v) is 10.2. The van der Waals surface area contributed by atoms with Gasteiger partial charge >= 0.3 is 0 Å². The standard InChI is InChI=1S/C57H38/c1-57(2)29-11-14-41-31-42-33-52-44-16-6-5-15-43(44)51-32-39(27-28-45(51)53(52)34-50(42)56(41)57)36-21-24-37(25-22-36)54-46-17-7-9-19-48(46)55(49-20-10-8-18-47(49)54)40-26-23-35-12-3-4-13-38(35)30-40/h3-34H,1-2H3. The molecule has 0 bridgehead atoms. The maximum atomic E-state index is 2.47. The van der Waals surface area contributed by atoms with Crippen molar-refractivity contribution in [3.05, 3.63) is 204 Å². The van der Waals surface area contributed by atoms with E-state index in [-0.39, 0.29) is 5.41 Å². The van der Waals surface area contributed by atoms with Gasteiger partial charge in [0.15, 0.2) is 0 Å². The molecule has 0 heterocycles. The Morgan fingerprint density at radius 3 is 1.56 bits per heavy atom. The normalized spacial score (nSPS) is 14.4. The molecular formula is C57H38. The molecule has 0 N–H and O–H groups in total. The van der Waals surface area contributed by atoms with E-state index in [9.17, 15) is 0 Å². The summed E-state index contributed by atoms with van der Waals surface area (Å²) in [4.78, 5) is 0. The van der Waals surface area contributed by atoms with E-state index in [2.05, 4.69) is 208 Å². The molecule has 0 aromatic heterocycles. The molecule has 2 aliphatic rings. The molecule has 0 saturated carbocycles. The van der Waals surface area contributed by atoms with Crippen molar-refractivity contribution in [3.63, 3.8) is 0 Å². The number of hydrogen-bond donors (Lipinski definition) is 0. The highest BCUT2D eigenvalue weighted by atomic mass is 14.3. The largest absolute Gasteiger partial charge is 0.0744 e. The van der Waals surface area contributed by atoms with E-state index in [0.717, 1.165) is 0 Å². The molecule has 0 heteroatoms. The van der Waals surface area contributed by atoms with Gasteiger partial charge in [0.1, 0.15) is 0 Å². The van der Waals surface area contributed by atoms with E-state index in [1.54, 1.807) is 0 Å². The monoisotopic (exact) mass is 722 g/mol. The van der Waals surface area contributed by atoms with Crippen LogP contribution in [-0.2, 0) is 0 Å². The summed E-state index contributed by atoms with van der Waals surface area (Å²) in [5.41, 5.74) is 10.3. The number of rotatable bonds is 3. The van der Waals surface area contributed by atoms with Crippen LogP contribution in [0, 0.1) is 5.41 Å². The van der Waals surface area contributed by atoms with Crippen molar-refractivity contribution in [2.75, 3.05) is 0 Å². The zero-order valence-corrected chi connectivity index (χ0v) is 32.0. The smallest absolute Gasteiger partial charge is 0.00905 e. The summed E-state index contributed by atoms with van der Waals surface area (Å²) in [6.45, 7) is 4.67. The highest BCUT2D eigenvalue weighted by Gasteiger charge is 2.28. The number of fused-ring (bicyclic) bond motifs is 11. The Morgan fingerprint density at radius 1 is 0.368 bits per heavy atom. The fourth-order valence-electron chi connectivity index (χ4n) is 10.2. The molecule has 0 radical (unpaired) electrons. The van der Waals surface area contributed by atoms with Crippen LogP contribution >= 0.6 is 0 Å². The molecule has 0 aliphatic heterocycles. The van der Waals surface area contributed by atoms with Crippen LogP contribution in [0.4, 0.5) is 0 Å². The lowest BCUT2D eigenvalue weighted by atomic mass is 9.77. The van der Waals surface area contributed by atoms with Crippen molar-refractivity contribution in [3.8, 4) is 33.4 Å². The first-order valence-electron chi connectivity index (χ1n) is 20.1. The van der Waals surface area contributed by atoms with Crippen molar-refractivity contribution >= 4 is 76.3 Å². The average Bonchev–Trinajstić information content (AvgIpc) is 3.64. The van der Waals surface area contributed by atoms with Crippen LogP contribution in [0.2, 0.25) is 0 Å². The van der Waals surface area contributed by atoms with Crippen LogP contribution in [0.5, 0.6) is 0 Å². The van der Waals surface area contributed by atoms with Gasteiger partial charge in [-0.1, -0.05) is 178 Å². The Bertz CT molecular complexity index is 3520. The van der Waals surface area contributed by atoms with E-state index in [1.807, 2.05) is 0 Å². The van der Waals surface area contributed by atoms with Crippen molar-refractivity contribution in [1.29, 1.82) is 0 Å². The van der Waals surface area contributed by atoms with E-state index >= 15 is 0 Å². The zero-order valence-electron chi connectivity index (χ0n) is 32.0. The van der Waals surface area contributed by atoms with Crippen molar-refractivity contribution in [2.24, 2.45) is 5.41 Å². The number of allylic oxidation sites excluding steroid dienone is 4. The highest BCUT2D eigenvalue weighted by molar-refractivity contribution is 6.26. The molecule has 0 amide bonds. The van der Waals surface area contributed by atoms with Crippen molar-refractivity contribution in [1.82, 2.24) is 0 Å². The lowest BCUT2D eigenvalue weighted by Gasteiger charge is -2.26. The minimum Gasteiger partial charge on any atom is -0.0744 e. The lowest BCUT2D eigenvalue weighted by molar-refractivity contribution is 0.644. The Kier molecular flexibility index (Phi) is 6.78. The van der Waals surface area contributed by atoms with Gasteiger partial charge in [0.25, 0.3) is 0 Å². The summed E-state index contributed by atoms with van der Waals surface area (Å²) in [5, 5.41) is 18.2. The second-order valence-electron chi connectivity index (χ2n) is 16.5. The lowest BCUT2D eigenvalue weighted by Crippen LogP contribution is -2.27. The molecule has 0 saturated heterocycles. The Hall–Kier alpha value is -7.02. The van der Waals surface area contributed by atoms with Crippen LogP contribution < -0.4 is 10.4 Å². The summed E-state index contributed by atoms with van der Waals surface area (Å²) in [6, 6.07) is 63.6. The van der Waals surface area contributed by atoms with Crippen LogP contribution in [0.25, 0.3) is 110 Å². The third-order valence-electron chi connectivity index (χ3n) is 12.8. The Morgan fingerprint density at radius 2 is 0.877 bits per heavy atom. The van der Waals surface area contributed by atoms with Gasteiger partial charge in [-0.05, 0) is 150 Å². The van der Waals surface area contributed by atoms with Crippen LogP contribution in [0.1, 0.15) is 13.8 Å². The molecule has 0 nitrogen and oxygen atoms in total. The first-order valence-corrected chi connectivity index (χ1v) is 20.1. The van der Waals surface area contributed by atoms with Gasteiger partial charge < -0.3 is 0 Å². The maximum absolute atomic E-state index is 2.47. The van der Waals surface area contributed by atoms with E-state index in [0.29, 0.717) is 0 Å². The topological polar surface area (TPSA) is 0 Å². The maximum Gasteiger partial charge on any atom is 0.00905 e. The summed E-state index contributed by atoms with van der Waals surface area (Å²) in [6.07, 6.45) is 9.20. The average molecular weight is 723 g/mol. The first-order chi connectivity index (χ1) is 28.0. The summed E-state index contributed by atoms with van der Waals surface area (Å²) in [5.74, 6) is 0. The van der Waals surface area contributed by atoms with Gasteiger partial charge in [-0.15, -0.1) is 0 Å². The molecule has 0 unspecified atom stereocenters. The second kappa shape index (κ2) is 12.0. The van der Waals surface area contributed by atoms with Gasteiger partial charge in [-0.3, -0.25) is 0 Å². The van der Waals surface area contributed by atoms with Crippen molar-refractivity contribution < 1.29 is 0 Å². The molecule has 266 valence electrons. The predicted octanol–water partition coefficient (Wildman–Crippen LogP) is 14.1. The molecule has 12 rings (SSSR count). The van der Waals surface area contributed by atoms with Crippen molar-refractivity contribution in [2.45, 2.75) is 13.8 Å².